The molecule has 1 saturated heterocycles. The lowest BCUT2D eigenvalue weighted by molar-refractivity contribution is -0.138. The first-order valence-corrected chi connectivity index (χ1v) is 9.85. The number of fused-ring (bicyclic) bond motifs is 1. The van der Waals surface area contributed by atoms with Crippen LogP contribution in [0.4, 0.5) is 0 Å². The van der Waals surface area contributed by atoms with Crippen molar-refractivity contribution < 1.29 is 4.79 Å². The van der Waals surface area contributed by atoms with Crippen LogP contribution in [-0.2, 0) is 17.8 Å². The van der Waals surface area contributed by atoms with E-state index in [0.29, 0.717) is 24.6 Å². The van der Waals surface area contributed by atoms with Gasteiger partial charge in [-0.25, -0.2) is 0 Å². The molecule has 0 saturated carbocycles. The first-order valence-electron chi connectivity index (χ1n) is 9.44. The second kappa shape index (κ2) is 7.98. The quantitative estimate of drug-likeness (QED) is 0.668. The van der Waals surface area contributed by atoms with Crippen LogP contribution in [0.1, 0.15) is 23.2 Å². The van der Waals surface area contributed by atoms with E-state index in [1.54, 1.807) is 11.2 Å². The Morgan fingerprint density at radius 2 is 2.04 bits per heavy atom. The molecule has 1 amide bonds. The standard InChI is InChI=1S/C21H23N5OS/c1-15-18(17-7-2-3-8-19(17)24-15)12-20(27)25-10-5-11-26(25)21(28)23-14-16-6-4-9-22-13-16/h2-4,6-9,13,24H,5,10-12,14H2,1H3,(H,23,28). The number of hydrogen-bond donors (Lipinski definition) is 2. The average Bonchev–Trinajstić information content (AvgIpc) is 3.32. The molecule has 0 aliphatic carbocycles. The molecule has 3 heterocycles. The van der Waals surface area contributed by atoms with Gasteiger partial charge in [-0.05, 0) is 48.8 Å². The molecule has 0 spiro atoms. The average molecular weight is 394 g/mol. The second-order valence-electron chi connectivity index (χ2n) is 6.96. The van der Waals surface area contributed by atoms with Crippen molar-refractivity contribution in [3.63, 3.8) is 0 Å². The molecule has 6 nitrogen and oxygen atoms in total. The Kier molecular flexibility index (Phi) is 5.25. The number of amides is 1. The number of benzene rings is 1. The summed E-state index contributed by atoms with van der Waals surface area (Å²) in [6.45, 7) is 4.05. The number of nitrogens with one attached hydrogen (secondary N) is 2. The SMILES string of the molecule is Cc1[nH]c2ccccc2c1CC(=O)N1CCCN1C(=S)NCc1cccnc1. The van der Waals surface area contributed by atoms with Gasteiger partial charge in [0.05, 0.1) is 6.42 Å². The zero-order valence-electron chi connectivity index (χ0n) is 15.8. The van der Waals surface area contributed by atoms with Crippen molar-refractivity contribution in [3.05, 3.63) is 65.6 Å². The predicted octanol–water partition coefficient (Wildman–Crippen LogP) is 2.94. The maximum Gasteiger partial charge on any atom is 0.245 e. The van der Waals surface area contributed by atoms with E-state index < -0.39 is 0 Å². The molecular formula is C21H23N5OS. The lowest BCUT2D eigenvalue weighted by Gasteiger charge is -2.30. The summed E-state index contributed by atoms with van der Waals surface area (Å²) >= 11 is 5.55. The van der Waals surface area contributed by atoms with Gasteiger partial charge in [0.25, 0.3) is 0 Å². The van der Waals surface area contributed by atoms with Gasteiger partial charge in [0.1, 0.15) is 0 Å². The number of hydrazine groups is 1. The van der Waals surface area contributed by atoms with Gasteiger partial charge in [-0.2, -0.15) is 0 Å². The van der Waals surface area contributed by atoms with Crippen molar-refractivity contribution >= 4 is 34.1 Å². The number of thiocarbonyl (C=S) groups is 1. The van der Waals surface area contributed by atoms with Crippen molar-refractivity contribution in [1.29, 1.82) is 0 Å². The lowest BCUT2D eigenvalue weighted by atomic mass is 10.1. The van der Waals surface area contributed by atoms with Crippen molar-refractivity contribution in [1.82, 2.24) is 25.3 Å². The highest BCUT2D eigenvalue weighted by atomic mass is 32.1. The van der Waals surface area contributed by atoms with Gasteiger partial charge in [0.2, 0.25) is 5.91 Å². The van der Waals surface area contributed by atoms with Crippen LogP contribution in [0.5, 0.6) is 0 Å². The van der Waals surface area contributed by atoms with E-state index in [0.717, 1.165) is 40.7 Å². The van der Waals surface area contributed by atoms with Gasteiger partial charge in [-0.1, -0.05) is 24.3 Å². The van der Waals surface area contributed by atoms with Crippen LogP contribution in [-0.4, -0.2) is 44.1 Å². The van der Waals surface area contributed by atoms with Crippen LogP contribution in [0.25, 0.3) is 10.9 Å². The Balaban J connectivity index is 1.44. The number of aryl methyl sites for hydroxylation is 1. The van der Waals surface area contributed by atoms with Crippen molar-refractivity contribution in [3.8, 4) is 0 Å². The zero-order chi connectivity index (χ0) is 19.5. The van der Waals surface area contributed by atoms with Crippen molar-refractivity contribution in [2.75, 3.05) is 13.1 Å². The molecule has 0 radical (unpaired) electrons. The third kappa shape index (κ3) is 3.71. The minimum atomic E-state index is 0.0656. The minimum absolute atomic E-state index is 0.0656. The number of aromatic amines is 1. The van der Waals surface area contributed by atoms with E-state index in [1.807, 2.05) is 48.5 Å². The van der Waals surface area contributed by atoms with Gasteiger partial charge in [-0.3, -0.25) is 19.8 Å². The summed E-state index contributed by atoms with van der Waals surface area (Å²) < 4.78 is 0. The monoisotopic (exact) mass is 393 g/mol. The van der Waals surface area contributed by atoms with Crippen molar-refractivity contribution in [2.45, 2.75) is 26.3 Å². The molecule has 28 heavy (non-hydrogen) atoms. The van der Waals surface area contributed by atoms with E-state index in [-0.39, 0.29) is 5.91 Å². The van der Waals surface area contributed by atoms with Crippen LogP contribution in [0.3, 0.4) is 0 Å². The number of carbonyl (C=O) groups is 1. The molecule has 4 rings (SSSR count). The molecule has 1 aliphatic heterocycles. The highest BCUT2D eigenvalue weighted by Gasteiger charge is 2.29. The number of rotatable bonds is 4. The molecule has 1 aliphatic rings. The van der Waals surface area contributed by atoms with Gasteiger partial charge >= 0.3 is 0 Å². The van der Waals surface area contributed by atoms with Crippen LogP contribution in [0, 0.1) is 6.92 Å². The highest BCUT2D eigenvalue weighted by molar-refractivity contribution is 7.80. The first kappa shape index (κ1) is 18.4. The highest BCUT2D eigenvalue weighted by Crippen LogP contribution is 2.24. The Labute approximate surface area is 169 Å². The van der Waals surface area contributed by atoms with Crippen molar-refractivity contribution in [2.24, 2.45) is 0 Å². The predicted molar refractivity (Wildman–Crippen MR) is 113 cm³/mol. The van der Waals surface area contributed by atoms with E-state index in [9.17, 15) is 4.79 Å². The molecule has 2 aromatic heterocycles. The summed E-state index contributed by atoms with van der Waals surface area (Å²) in [5.41, 5.74) is 4.21. The summed E-state index contributed by atoms with van der Waals surface area (Å²) in [4.78, 5) is 20.6. The molecule has 0 bridgehead atoms. The van der Waals surface area contributed by atoms with Crippen LogP contribution in [0.2, 0.25) is 0 Å². The number of hydrogen-bond acceptors (Lipinski definition) is 3. The van der Waals surface area contributed by atoms with Gasteiger partial charge in [0.15, 0.2) is 5.11 Å². The third-order valence-electron chi connectivity index (χ3n) is 5.08. The first-order chi connectivity index (χ1) is 13.6. The molecule has 0 atom stereocenters. The van der Waals surface area contributed by atoms with Gasteiger partial charge < -0.3 is 10.3 Å². The molecule has 7 heteroatoms. The number of nitrogens with zero attached hydrogens (tertiary/aromatic N) is 3. The Morgan fingerprint density at radius 3 is 2.86 bits per heavy atom. The molecule has 0 unspecified atom stereocenters. The fraction of sp³-hybridized carbons (Fsp3) is 0.286. The number of para-hydroxylation sites is 1. The Hall–Kier alpha value is -2.93. The van der Waals surface area contributed by atoms with Gasteiger partial charge in [0, 0.05) is 48.6 Å². The molecule has 144 valence electrons. The largest absolute Gasteiger partial charge is 0.358 e. The van der Waals surface area contributed by atoms with Crippen LogP contribution >= 0.6 is 12.2 Å². The fourth-order valence-corrected chi connectivity index (χ4v) is 3.92. The van der Waals surface area contributed by atoms with Crippen LogP contribution < -0.4 is 5.32 Å². The van der Waals surface area contributed by atoms with E-state index in [1.165, 1.54) is 0 Å². The summed E-state index contributed by atoms with van der Waals surface area (Å²) in [5, 5.41) is 8.59. The Bertz CT molecular complexity index is 1000. The number of H-pyrrole nitrogens is 1. The second-order valence-corrected chi connectivity index (χ2v) is 7.35. The zero-order valence-corrected chi connectivity index (χ0v) is 16.6. The van der Waals surface area contributed by atoms with Gasteiger partial charge in [-0.15, -0.1) is 0 Å². The molecular weight excluding hydrogens is 370 g/mol. The normalized spacial score (nSPS) is 13.9. The third-order valence-corrected chi connectivity index (χ3v) is 5.43. The van der Waals surface area contributed by atoms with E-state index >= 15 is 0 Å². The minimum Gasteiger partial charge on any atom is -0.358 e. The number of aromatic nitrogens is 2. The Morgan fingerprint density at radius 1 is 1.21 bits per heavy atom. The maximum atomic E-state index is 13.1. The number of carbonyl (C=O) groups excluding carboxylic acids is 1. The summed E-state index contributed by atoms with van der Waals surface area (Å²) in [6, 6.07) is 12.0. The maximum absolute atomic E-state index is 13.1. The fourth-order valence-electron chi connectivity index (χ4n) is 3.66. The summed E-state index contributed by atoms with van der Waals surface area (Å²) in [5.74, 6) is 0.0656. The van der Waals surface area contributed by atoms with Crippen LogP contribution in [0.15, 0.2) is 48.8 Å². The lowest BCUT2D eigenvalue weighted by Crippen LogP contribution is -2.49. The molecule has 3 aromatic rings. The smallest absolute Gasteiger partial charge is 0.245 e. The van der Waals surface area contributed by atoms with E-state index in [4.69, 9.17) is 12.2 Å². The van der Waals surface area contributed by atoms with E-state index in [2.05, 4.69) is 21.4 Å². The molecule has 1 fully saturated rings. The summed E-state index contributed by atoms with van der Waals surface area (Å²) in [7, 11) is 0. The molecule has 2 N–H and O–H groups in total. The summed E-state index contributed by atoms with van der Waals surface area (Å²) in [6.07, 6.45) is 4.82. The number of pyridine rings is 1. The topological polar surface area (TPSA) is 64.3 Å². The molecule has 1 aromatic carbocycles.